The molecule has 3 saturated heterocycles. The lowest BCUT2D eigenvalue weighted by atomic mass is 9.97. The average molecular weight is 386 g/mol. The number of nitrogens with zero attached hydrogens (tertiary/aromatic N) is 2. The molecule has 6 nitrogen and oxygen atoms in total. The molecule has 3 rings (SSSR count). The second-order valence-corrected chi connectivity index (χ2v) is 10.9. The molecule has 0 radical (unpaired) electrons. The Hall–Kier alpha value is -0.820. The Balaban J connectivity index is 1.62. The van der Waals surface area contributed by atoms with E-state index in [-0.39, 0.29) is 5.92 Å². The third kappa shape index (κ3) is 5.84. The molecule has 0 saturated carbocycles. The van der Waals surface area contributed by atoms with Crippen molar-refractivity contribution in [3.05, 3.63) is 0 Å². The van der Waals surface area contributed by atoms with Crippen molar-refractivity contribution in [3.8, 4) is 0 Å². The summed E-state index contributed by atoms with van der Waals surface area (Å²) in [6.07, 6.45) is 5.28. The summed E-state index contributed by atoms with van der Waals surface area (Å²) in [7, 11) is -2.83. The Morgan fingerprint density at radius 3 is 2.62 bits per heavy atom. The van der Waals surface area contributed by atoms with Crippen molar-refractivity contribution in [2.24, 2.45) is 22.7 Å². The van der Waals surface area contributed by atoms with Crippen LogP contribution in [0.2, 0.25) is 0 Å². The van der Waals surface area contributed by atoms with Crippen LogP contribution in [0.1, 0.15) is 46.0 Å². The summed E-state index contributed by atoms with van der Waals surface area (Å²) < 4.78 is 28.9. The summed E-state index contributed by atoms with van der Waals surface area (Å²) in [6, 6.07) is 0.416. The zero-order valence-electron chi connectivity index (χ0n) is 16.3. The highest BCUT2D eigenvalue weighted by molar-refractivity contribution is 7.91. The molecule has 0 aromatic heterocycles. The van der Waals surface area contributed by atoms with Gasteiger partial charge in [0.25, 0.3) is 0 Å². The fourth-order valence-electron chi connectivity index (χ4n) is 4.38. The number of aliphatic imine (C=N–C) groups is 1. The van der Waals surface area contributed by atoms with Gasteiger partial charge >= 0.3 is 0 Å². The summed E-state index contributed by atoms with van der Waals surface area (Å²) in [5.41, 5.74) is 0. The minimum atomic E-state index is -2.83. The molecular weight excluding hydrogens is 350 g/mol. The van der Waals surface area contributed by atoms with E-state index in [0.29, 0.717) is 24.1 Å². The van der Waals surface area contributed by atoms with Gasteiger partial charge in [-0.1, -0.05) is 13.8 Å². The van der Waals surface area contributed by atoms with E-state index in [4.69, 9.17) is 9.73 Å². The Labute approximate surface area is 158 Å². The summed E-state index contributed by atoms with van der Waals surface area (Å²) in [4.78, 5) is 7.28. The van der Waals surface area contributed by atoms with E-state index >= 15 is 0 Å². The van der Waals surface area contributed by atoms with Gasteiger partial charge in [0, 0.05) is 38.9 Å². The van der Waals surface area contributed by atoms with Crippen LogP contribution in [0.5, 0.6) is 0 Å². The molecule has 0 amide bonds. The Bertz CT molecular complexity index is 585. The number of sulfone groups is 1. The normalized spacial score (nSPS) is 30.3. The molecule has 3 aliphatic heterocycles. The standard InChI is InChI=1S/C19H35N3O3S/c1-15(2)11-16-3-7-22(13-16)19(21-18-4-8-25-9-5-18)20-12-17-6-10-26(23,24)14-17/h15-18H,3-14H2,1-2H3,(H,20,21). The highest BCUT2D eigenvalue weighted by atomic mass is 32.2. The van der Waals surface area contributed by atoms with E-state index in [1.807, 2.05) is 0 Å². The number of likely N-dealkylation sites (tertiary alicyclic amines) is 1. The van der Waals surface area contributed by atoms with Crippen molar-refractivity contribution < 1.29 is 13.2 Å². The quantitative estimate of drug-likeness (QED) is 0.578. The number of guanidine groups is 1. The molecular formula is C19H35N3O3S. The third-order valence-corrected chi connectivity index (χ3v) is 7.61. The highest BCUT2D eigenvalue weighted by Gasteiger charge is 2.30. The number of hydrogen-bond acceptors (Lipinski definition) is 4. The van der Waals surface area contributed by atoms with Crippen LogP contribution in [0, 0.1) is 17.8 Å². The molecule has 3 fully saturated rings. The molecule has 3 aliphatic rings. The van der Waals surface area contributed by atoms with Crippen molar-refractivity contribution in [2.45, 2.75) is 52.0 Å². The third-order valence-electron chi connectivity index (χ3n) is 5.77. The van der Waals surface area contributed by atoms with Gasteiger partial charge < -0.3 is 15.0 Å². The number of hydrogen-bond donors (Lipinski definition) is 1. The molecule has 1 N–H and O–H groups in total. The molecule has 2 unspecified atom stereocenters. The molecule has 0 aliphatic carbocycles. The fraction of sp³-hybridized carbons (Fsp3) is 0.947. The number of rotatable bonds is 5. The van der Waals surface area contributed by atoms with Crippen LogP contribution in [0.3, 0.4) is 0 Å². The van der Waals surface area contributed by atoms with Crippen molar-refractivity contribution in [2.75, 3.05) is 44.4 Å². The first-order chi connectivity index (χ1) is 12.4. The summed E-state index contributed by atoms with van der Waals surface area (Å²) in [6.45, 7) is 8.93. The van der Waals surface area contributed by atoms with Gasteiger partial charge in [-0.2, -0.15) is 0 Å². The summed E-state index contributed by atoms with van der Waals surface area (Å²) >= 11 is 0. The van der Waals surface area contributed by atoms with Gasteiger partial charge in [0.15, 0.2) is 15.8 Å². The second-order valence-electron chi connectivity index (χ2n) is 8.69. The van der Waals surface area contributed by atoms with Crippen molar-refractivity contribution in [3.63, 3.8) is 0 Å². The van der Waals surface area contributed by atoms with Gasteiger partial charge in [0.05, 0.1) is 11.5 Å². The molecule has 0 spiro atoms. The highest BCUT2D eigenvalue weighted by Crippen LogP contribution is 2.24. The van der Waals surface area contributed by atoms with Gasteiger partial charge in [0.1, 0.15) is 0 Å². The molecule has 0 aromatic carbocycles. The van der Waals surface area contributed by atoms with E-state index < -0.39 is 9.84 Å². The summed E-state index contributed by atoms with van der Waals surface area (Å²) in [5.74, 6) is 3.27. The fourth-order valence-corrected chi connectivity index (χ4v) is 6.23. The minimum absolute atomic E-state index is 0.181. The van der Waals surface area contributed by atoms with Gasteiger partial charge in [0.2, 0.25) is 0 Å². The maximum absolute atomic E-state index is 11.7. The average Bonchev–Trinajstić information content (AvgIpc) is 3.18. The van der Waals surface area contributed by atoms with Gasteiger partial charge in [-0.25, -0.2) is 8.42 Å². The molecule has 26 heavy (non-hydrogen) atoms. The van der Waals surface area contributed by atoms with Crippen LogP contribution in [0.4, 0.5) is 0 Å². The van der Waals surface area contributed by atoms with E-state index in [2.05, 4.69) is 24.1 Å². The zero-order valence-corrected chi connectivity index (χ0v) is 17.1. The van der Waals surface area contributed by atoms with E-state index in [9.17, 15) is 8.42 Å². The van der Waals surface area contributed by atoms with Gasteiger partial charge in [-0.05, 0) is 49.9 Å². The first-order valence-corrected chi connectivity index (χ1v) is 12.1. The maximum Gasteiger partial charge on any atom is 0.194 e. The lowest BCUT2D eigenvalue weighted by Gasteiger charge is -2.29. The van der Waals surface area contributed by atoms with Crippen LogP contribution in [0.15, 0.2) is 4.99 Å². The second kappa shape index (κ2) is 8.91. The monoisotopic (exact) mass is 385 g/mol. The van der Waals surface area contributed by atoms with E-state index in [1.165, 1.54) is 12.8 Å². The Morgan fingerprint density at radius 1 is 1.19 bits per heavy atom. The van der Waals surface area contributed by atoms with Crippen LogP contribution in [-0.2, 0) is 14.6 Å². The molecule has 7 heteroatoms. The lowest BCUT2D eigenvalue weighted by Crippen LogP contribution is -2.47. The van der Waals surface area contributed by atoms with Crippen molar-refractivity contribution >= 4 is 15.8 Å². The van der Waals surface area contributed by atoms with Gasteiger partial charge in [-0.15, -0.1) is 0 Å². The predicted octanol–water partition coefficient (Wildman–Crippen LogP) is 1.91. The first kappa shape index (κ1) is 19.9. The van der Waals surface area contributed by atoms with Crippen LogP contribution in [0.25, 0.3) is 0 Å². The maximum atomic E-state index is 11.7. The van der Waals surface area contributed by atoms with Crippen molar-refractivity contribution in [1.82, 2.24) is 10.2 Å². The van der Waals surface area contributed by atoms with Crippen molar-refractivity contribution in [1.29, 1.82) is 0 Å². The minimum Gasteiger partial charge on any atom is -0.381 e. The topological polar surface area (TPSA) is 71.0 Å². The van der Waals surface area contributed by atoms with E-state index in [0.717, 1.165) is 63.4 Å². The number of ether oxygens (including phenoxy) is 1. The Morgan fingerprint density at radius 2 is 1.96 bits per heavy atom. The van der Waals surface area contributed by atoms with Crippen LogP contribution >= 0.6 is 0 Å². The predicted molar refractivity (Wildman–Crippen MR) is 105 cm³/mol. The molecule has 0 bridgehead atoms. The summed E-state index contributed by atoms with van der Waals surface area (Å²) in [5, 5.41) is 3.66. The van der Waals surface area contributed by atoms with E-state index in [1.54, 1.807) is 0 Å². The lowest BCUT2D eigenvalue weighted by molar-refractivity contribution is 0.0816. The molecule has 150 valence electrons. The first-order valence-electron chi connectivity index (χ1n) is 10.3. The van der Waals surface area contributed by atoms with Crippen LogP contribution in [-0.4, -0.2) is 69.7 Å². The number of nitrogens with one attached hydrogen (secondary N) is 1. The smallest absolute Gasteiger partial charge is 0.194 e. The largest absolute Gasteiger partial charge is 0.381 e. The molecule has 3 heterocycles. The SMILES string of the molecule is CC(C)CC1CCN(C(=NCC2CCS(=O)(=O)C2)NC2CCOCC2)C1. The van der Waals surface area contributed by atoms with Crippen LogP contribution < -0.4 is 5.32 Å². The molecule has 0 aromatic rings. The zero-order chi connectivity index (χ0) is 18.6. The molecule has 2 atom stereocenters. The Kier molecular flexibility index (Phi) is 6.83. The van der Waals surface area contributed by atoms with Gasteiger partial charge in [-0.3, -0.25) is 4.99 Å².